The van der Waals surface area contributed by atoms with Gasteiger partial charge in [0.15, 0.2) is 5.78 Å². The van der Waals surface area contributed by atoms with Gasteiger partial charge in [0, 0.05) is 22.6 Å². The number of nitrogens with one attached hydrogen (secondary N) is 2. The third-order valence-corrected chi connectivity index (χ3v) is 3.83. The second kappa shape index (κ2) is 4.37. The van der Waals surface area contributed by atoms with Crippen LogP contribution in [0.1, 0.15) is 16.8 Å². The average molecular weight is 311 g/mol. The Morgan fingerprint density at radius 3 is 2.72 bits per heavy atom. The van der Waals surface area contributed by atoms with Crippen LogP contribution in [0.15, 0.2) is 21.4 Å². The zero-order chi connectivity index (χ0) is 12.7. The number of aromatic nitrogens is 2. The van der Waals surface area contributed by atoms with Gasteiger partial charge in [0.05, 0.1) is 17.6 Å². The molecule has 0 bridgehead atoms. The summed E-state index contributed by atoms with van der Waals surface area (Å²) in [6.07, 6.45) is 0.757. The molecule has 6 heteroatoms. The number of benzene rings is 1. The first-order valence-corrected chi connectivity index (χ1v) is 6.48. The standard InChI is InChI=1S/C12H11BrN2O3/c13-8-4-10-9(14-12(17)15-10)3-7(8)11(16)6-1-2-18-5-6/h3-4,6H,1-2,5H2,(H2,14,15,17). The molecule has 5 nitrogen and oxygen atoms in total. The van der Waals surface area contributed by atoms with Crippen LogP contribution in [-0.4, -0.2) is 29.0 Å². The SMILES string of the molecule is O=C(c1cc2[nH]c(=O)[nH]c2cc1Br)C1CCOC1. The number of imidazole rings is 1. The van der Waals surface area contributed by atoms with Crippen LogP contribution in [0.25, 0.3) is 11.0 Å². The van der Waals surface area contributed by atoms with Crippen molar-refractivity contribution < 1.29 is 9.53 Å². The summed E-state index contributed by atoms with van der Waals surface area (Å²) >= 11 is 3.38. The summed E-state index contributed by atoms with van der Waals surface area (Å²) < 4.78 is 5.93. The van der Waals surface area contributed by atoms with Crippen LogP contribution in [0, 0.1) is 5.92 Å². The molecule has 0 radical (unpaired) electrons. The molecule has 0 spiro atoms. The van der Waals surface area contributed by atoms with Crippen LogP contribution in [0.3, 0.4) is 0 Å². The third-order valence-electron chi connectivity index (χ3n) is 3.17. The number of carbonyl (C=O) groups is 1. The Balaban J connectivity index is 2.07. The van der Waals surface area contributed by atoms with Crippen LogP contribution in [0.5, 0.6) is 0 Å². The summed E-state index contributed by atoms with van der Waals surface area (Å²) in [5.41, 5.74) is 1.65. The number of rotatable bonds is 2. The lowest BCUT2D eigenvalue weighted by Gasteiger charge is -2.08. The molecular formula is C12H11BrN2O3. The molecule has 1 atom stereocenters. The normalized spacial score (nSPS) is 19.5. The number of carbonyl (C=O) groups excluding carboxylic acids is 1. The van der Waals surface area contributed by atoms with Gasteiger partial charge in [-0.3, -0.25) is 4.79 Å². The van der Waals surface area contributed by atoms with Gasteiger partial charge >= 0.3 is 5.69 Å². The van der Waals surface area contributed by atoms with E-state index in [1.54, 1.807) is 12.1 Å². The fraction of sp³-hybridized carbons (Fsp3) is 0.333. The van der Waals surface area contributed by atoms with Crippen molar-refractivity contribution in [1.29, 1.82) is 0 Å². The van der Waals surface area contributed by atoms with Gasteiger partial charge in [0.1, 0.15) is 0 Å². The van der Waals surface area contributed by atoms with Gasteiger partial charge in [-0.25, -0.2) is 4.79 Å². The molecule has 94 valence electrons. The Morgan fingerprint density at radius 1 is 1.33 bits per heavy atom. The highest BCUT2D eigenvalue weighted by atomic mass is 79.9. The van der Waals surface area contributed by atoms with E-state index in [-0.39, 0.29) is 17.4 Å². The molecule has 1 aromatic carbocycles. The molecule has 3 rings (SSSR count). The summed E-state index contributed by atoms with van der Waals surface area (Å²) in [5.74, 6) is -0.0206. The minimum atomic E-state index is -0.273. The predicted molar refractivity (Wildman–Crippen MR) is 69.9 cm³/mol. The molecular weight excluding hydrogens is 300 g/mol. The lowest BCUT2D eigenvalue weighted by atomic mass is 9.97. The fourth-order valence-electron chi connectivity index (χ4n) is 2.21. The van der Waals surface area contributed by atoms with Crippen molar-refractivity contribution in [1.82, 2.24) is 9.97 Å². The lowest BCUT2D eigenvalue weighted by molar-refractivity contribution is 0.0899. The van der Waals surface area contributed by atoms with Crippen molar-refractivity contribution in [2.75, 3.05) is 13.2 Å². The number of hydrogen-bond acceptors (Lipinski definition) is 3. The Kier molecular flexibility index (Phi) is 2.83. The van der Waals surface area contributed by atoms with E-state index in [2.05, 4.69) is 25.9 Å². The van der Waals surface area contributed by atoms with Crippen molar-refractivity contribution >= 4 is 32.7 Å². The van der Waals surface area contributed by atoms with E-state index in [0.717, 1.165) is 6.42 Å². The topological polar surface area (TPSA) is 75.0 Å². The highest BCUT2D eigenvalue weighted by Crippen LogP contribution is 2.26. The summed E-state index contributed by atoms with van der Waals surface area (Å²) in [7, 11) is 0. The molecule has 2 heterocycles. The third kappa shape index (κ3) is 1.91. The predicted octanol–water partition coefficient (Wildman–Crippen LogP) is 1.84. The molecule has 2 aromatic rings. The number of hydrogen-bond donors (Lipinski definition) is 2. The van der Waals surface area contributed by atoms with Gasteiger partial charge < -0.3 is 14.7 Å². The smallest absolute Gasteiger partial charge is 0.323 e. The second-order valence-corrected chi connectivity index (χ2v) is 5.24. The molecule has 0 saturated carbocycles. The number of Topliss-reactive ketones (excluding diaryl/α,β-unsaturated/α-hetero) is 1. The molecule has 18 heavy (non-hydrogen) atoms. The maximum atomic E-state index is 12.3. The van der Waals surface area contributed by atoms with Crippen molar-refractivity contribution in [2.24, 2.45) is 5.92 Å². The van der Waals surface area contributed by atoms with E-state index < -0.39 is 0 Å². The van der Waals surface area contributed by atoms with Gasteiger partial charge in [-0.1, -0.05) is 0 Å². The second-order valence-electron chi connectivity index (χ2n) is 4.38. The average Bonchev–Trinajstić information content (AvgIpc) is 2.94. The summed E-state index contributed by atoms with van der Waals surface area (Å²) in [6, 6.07) is 3.45. The van der Waals surface area contributed by atoms with Gasteiger partial charge in [-0.15, -0.1) is 0 Å². The monoisotopic (exact) mass is 310 g/mol. The highest BCUT2D eigenvalue weighted by molar-refractivity contribution is 9.10. The van der Waals surface area contributed by atoms with Gasteiger partial charge in [0.2, 0.25) is 0 Å². The zero-order valence-electron chi connectivity index (χ0n) is 9.46. The van der Waals surface area contributed by atoms with Gasteiger partial charge in [-0.2, -0.15) is 0 Å². The maximum Gasteiger partial charge on any atom is 0.323 e. The molecule has 0 aliphatic carbocycles. The Hall–Kier alpha value is -1.40. The first kappa shape index (κ1) is 11.7. The number of ketones is 1. The number of fused-ring (bicyclic) bond motifs is 1. The quantitative estimate of drug-likeness (QED) is 0.831. The highest BCUT2D eigenvalue weighted by Gasteiger charge is 2.26. The summed E-state index contributed by atoms with van der Waals surface area (Å²) in [5, 5.41) is 0. The Bertz CT molecular complexity index is 668. The Morgan fingerprint density at radius 2 is 2.06 bits per heavy atom. The van der Waals surface area contributed by atoms with Crippen LogP contribution in [-0.2, 0) is 4.74 Å². The van der Waals surface area contributed by atoms with E-state index >= 15 is 0 Å². The van der Waals surface area contributed by atoms with E-state index in [0.29, 0.717) is 34.3 Å². The maximum absolute atomic E-state index is 12.3. The van der Waals surface area contributed by atoms with Gasteiger partial charge in [-0.05, 0) is 34.5 Å². The molecule has 2 N–H and O–H groups in total. The molecule has 1 saturated heterocycles. The van der Waals surface area contributed by atoms with Crippen LogP contribution < -0.4 is 5.69 Å². The molecule has 1 aromatic heterocycles. The first-order chi connectivity index (χ1) is 8.65. The van der Waals surface area contributed by atoms with Gasteiger partial charge in [0.25, 0.3) is 0 Å². The Labute approximate surface area is 111 Å². The minimum Gasteiger partial charge on any atom is -0.381 e. The lowest BCUT2D eigenvalue weighted by Crippen LogP contribution is -2.15. The number of aromatic amines is 2. The van der Waals surface area contributed by atoms with Crippen LogP contribution in [0.4, 0.5) is 0 Å². The fourth-order valence-corrected chi connectivity index (χ4v) is 2.74. The summed E-state index contributed by atoms with van der Waals surface area (Å²) in [6.45, 7) is 1.12. The van der Waals surface area contributed by atoms with Crippen LogP contribution >= 0.6 is 15.9 Å². The summed E-state index contributed by atoms with van der Waals surface area (Å²) in [4.78, 5) is 28.8. The zero-order valence-corrected chi connectivity index (χ0v) is 11.0. The molecule has 1 fully saturated rings. The van der Waals surface area contributed by atoms with E-state index in [1.165, 1.54) is 0 Å². The van der Waals surface area contributed by atoms with Crippen LogP contribution in [0.2, 0.25) is 0 Å². The number of halogens is 1. The van der Waals surface area contributed by atoms with Crippen molar-refractivity contribution in [3.8, 4) is 0 Å². The van der Waals surface area contributed by atoms with E-state index in [9.17, 15) is 9.59 Å². The van der Waals surface area contributed by atoms with Crippen molar-refractivity contribution in [3.63, 3.8) is 0 Å². The molecule has 1 unspecified atom stereocenters. The van der Waals surface area contributed by atoms with Crippen molar-refractivity contribution in [3.05, 3.63) is 32.7 Å². The number of H-pyrrole nitrogens is 2. The number of ether oxygens (including phenoxy) is 1. The molecule has 1 aliphatic rings. The van der Waals surface area contributed by atoms with E-state index in [1.807, 2.05) is 0 Å². The molecule has 0 amide bonds. The molecule has 1 aliphatic heterocycles. The van der Waals surface area contributed by atoms with E-state index in [4.69, 9.17) is 4.74 Å². The minimum absolute atomic E-state index is 0.0586. The largest absolute Gasteiger partial charge is 0.381 e. The first-order valence-electron chi connectivity index (χ1n) is 5.68. The van der Waals surface area contributed by atoms with Crippen molar-refractivity contribution in [2.45, 2.75) is 6.42 Å².